The molecule has 0 aliphatic heterocycles. The molecule has 0 aliphatic rings. The Balaban J connectivity index is 1.74. The fourth-order valence-electron chi connectivity index (χ4n) is 2.65. The van der Waals surface area contributed by atoms with Crippen LogP contribution in [-0.4, -0.2) is 33.4 Å². The minimum absolute atomic E-state index is 0.0296. The van der Waals surface area contributed by atoms with Gasteiger partial charge in [0.25, 0.3) is 0 Å². The van der Waals surface area contributed by atoms with Gasteiger partial charge >= 0.3 is 5.97 Å². The molecular formula is C20H18FN3O3. The van der Waals surface area contributed by atoms with Crippen molar-refractivity contribution in [2.24, 2.45) is 0 Å². The van der Waals surface area contributed by atoms with Crippen LogP contribution in [0, 0.1) is 26.6 Å². The fraction of sp³-hybridized carbons (Fsp3) is 0.200. The Morgan fingerprint density at radius 2 is 1.85 bits per heavy atom. The number of Topliss-reactive ketones (excluding diaryl/α,β-unsaturated/α-hetero) is 1. The van der Waals surface area contributed by atoms with E-state index in [0.717, 1.165) is 22.9 Å². The van der Waals surface area contributed by atoms with Crippen molar-refractivity contribution in [3.8, 4) is 5.69 Å². The van der Waals surface area contributed by atoms with Crippen molar-refractivity contribution < 1.29 is 18.7 Å². The van der Waals surface area contributed by atoms with Crippen LogP contribution in [0.5, 0.6) is 0 Å². The normalized spacial score (nSPS) is 10.7. The zero-order chi connectivity index (χ0) is 19.6. The Hall–Kier alpha value is -3.35. The van der Waals surface area contributed by atoms with Crippen LogP contribution in [0.4, 0.5) is 4.39 Å². The standard InChI is InChI=1S/C20H18FN3O3/c1-12-7-8-17(13(2)9-12)24-22-14(3)19(23-24)20(26)27-11-18(25)15-5-4-6-16(21)10-15/h4-10H,11H2,1-3H3. The van der Waals surface area contributed by atoms with Gasteiger partial charge < -0.3 is 4.74 Å². The molecular weight excluding hydrogens is 349 g/mol. The number of aryl methyl sites for hydroxylation is 3. The molecule has 0 aliphatic carbocycles. The molecule has 0 unspecified atom stereocenters. The van der Waals surface area contributed by atoms with E-state index >= 15 is 0 Å². The Bertz CT molecular complexity index is 1030. The molecule has 138 valence electrons. The average Bonchev–Trinajstić information content (AvgIpc) is 3.01. The van der Waals surface area contributed by atoms with E-state index in [4.69, 9.17) is 4.74 Å². The van der Waals surface area contributed by atoms with Crippen LogP contribution in [-0.2, 0) is 4.74 Å². The van der Waals surface area contributed by atoms with E-state index in [1.807, 2.05) is 32.0 Å². The zero-order valence-corrected chi connectivity index (χ0v) is 15.2. The van der Waals surface area contributed by atoms with Gasteiger partial charge in [-0.3, -0.25) is 4.79 Å². The second kappa shape index (κ2) is 7.49. The van der Waals surface area contributed by atoms with E-state index in [1.165, 1.54) is 23.0 Å². The summed E-state index contributed by atoms with van der Waals surface area (Å²) in [5, 5.41) is 8.45. The molecule has 0 amide bonds. The molecule has 0 bridgehead atoms. The second-order valence-corrected chi connectivity index (χ2v) is 6.22. The number of carbonyl (C=O) groups excluding carboxylic acids is 2. The molecule has 0 saturated carbocycles. The van der Waals surface area contributed by atoms with Crippen LogP contribution in [0.1, 0.15) is 37.7 Å². The first-order chi connectivity index (χ1) is 12.8. The molecule has 0 fully saturated rings. The smallest absolute Gasteiger partial charge is 0.361 e. The highest BCUT2D eigenvalue weighted by atomic mass is 19.1. The minimum atomic E-state index is -0.756. The number of esters is 1. The van der Waals surface area contributed by atoms with Gasteiger partial charge in [-0.2, -0.15) is 9.90 Å². The molecule has 6 nitrogen and oxygen atoms in total. The van der Waals surface area contributed by atoms with Crippen LogP contribution >= 0.6 is 0 Å². The Kier molecular flexibility index (Phi) is 5.12. The van der Waals surface area contributed by atoms with E-state index in [-0.39, 0.29) is 11.3 Å². The van der Waals surface area contributed by atoms with Gasteiger partial charge in [0.1, 0.15) is 5.82 Å². The Labute approximate surface area is 155 Å². The van der Waals surface area contributed by atoms with Gasteiger partial charge in [-0.15, -0.1) is 5.10 Å². The van der Waals surface area contributed by atoms with Crippen LogP contribution in [0.25, 0.3) is 5.69 Å². The summed E-state index contributed by atoms with van der Waals surface area (Å²) >= 11 is 0. The van der Waals surface area contributed by atoms with Crippen molar-refractivity contribution in [1.29, 1.82) is 0 Å². The molecule has 3 aromatic rings. The molecule has 0 atom stereocenters. The lowest BCUT2D eigenvalue weighted by Crippen LogP contribution is -2.15. The zero-order valence-electron chi connectivity index (χ0n) is 15.2. The maximum atomic E-state index is 13.2. The second-order valence-electron chi connectivity index (χ2n) is 6.22. The highest BCUT2D eigenvalue weighted by molar-refractivity contribution is 5.99. The van der Waals surface area contributed by atoms with E-state index in [1.54, 1.807) is 6.92 Å². The number of ketones is 1. The number of rotatable bonds is 5. The molecule has 2 aromatic carbocycles. The van der Waals surface area contributed by atoms with Crippen molar-refractivity contribution in [3.05, 3.63) is 76.4 Å². The Morgan fingerprint density at radius 1 is 1.07 bits per heavy atom. The predicted octanol–water partition coefficient (Wildman–Crippen LogP) is 3.37. The van der Waals surface area contributed by atoms with Crippen molar-refractivity contribution in [1.82, 2.24) is 15.0 Å². The molecule has 7 heteroatoms. The summed E-state index contributed by atoms with van der Waals surface area (Å²) < 4.78 is 18.2. The summed E-state index contributed by atoms with van der Waals surface area (Å²) in [7, 11) is 0. The number of halogens is 1. The third-order valence-corrected chi connectivity index (χ3v) is 4.02. The maximum Gasteiger partial charge on any atom is 0.361 e. The molecule has 27 heavy (non-hydrogen) atoms. The first kappa shape index (κ1) is 18.4. The lowest BCUT2D eigenvalue weighted by molar-refractivity contribution is 0.0467. The number of aromatic nitrogens is 3. The number of carbonyl (C=O) groups is 2. The first-order valence-corrected chi connectivity index (χ1v) is 8.32. The maximum absolute atomic E-state index is 13.2. The Morgan fingerprint density at radius 3 is 2.56 bits per heavy atom. The number of ether oxygens (including phenoxy) is 1. The van der Waals surface area contributed by atoms with Crippen LogP contribution in [0.15, 0.2) is 42.5 Å². The number of hydrogen-bond acceptors (Lipinski definition) is 5. The molecule has 0 N–H and O–H groups in total. The third kappa shape index (κ3) is 4.08. The molecule has 3 rings (SSSR count). The number of benzene rings is 2. The summed E-state index contributed by atoms with van der Waals surface area (Å²) in [5.41, 5.74) is 3.37. The lowest BCUT2D eigenvalue weighted by Gasteiger charge is -2.05. The minimum Gasteiger partial charge on any atom is -0.452 e. The lowest BCUT2D eigenvalue weighted by atomic mass is 10.1. The summed E-state index contributed by atoms with van der Waals surface area (Å²) in [6.45, 7) is 5.05. The summed E-state index contributed by atoms with van der Waals surface area (Å²) in [6.07, 6.45) is 0. The first-order valence-electron chi connectivity index (χ1n) is 8.32. The summed E-state index contributed by atoms with van der Waals surface area (Å²) in [5.74, 6) is -1.78. The quantitative estimate of drug-likeness (QED) is 0.511. The summed E-state index contributed by atoms with van der Waals surface area (Å²) in [4.78, 5) is 25.7. The predicted molar refractivity (Wildman–Crippen MR) is 96.6 cm³/mol. The fourth-order valence-corrected chi connectivity index (χ4v) is 2.65. The van der Waals surface area contributed by atoms with Crippen LogP contribution < -0.4 is 0 Å². The molecule has 1 heterocycles. The van der Waals surface area contributed by atoms with Gasteiger partial charge in [0.2, 0.25) is 0 Å². The van der Waals surface area contributed by atoms with Gasteiger partial charge in [-0.1, -0.05) is 29.8 Å². The monoisotopic (exact) mass is 367 g/mol. The van der Waals surface area contributed by atoms with E-state index in [9.17, 15) is 14.0 Å². The molecule has 1 aromatic heterocycles. The third-order valence-electron chi connectivity index (χ3n) is 4.02. The highest BCUT2D eigenvalue weighted by Gasteiger charge is 2.20. The van der Waals surface area contributed by atoms with Crippen LogP contribution in [0.2, 0.25) is 0 Å². The van der Waals surface area contributed by atoms with Gasteiger partial charge in [0.15, 0.2) is 18.1 Å². The van der Waals surface area contributed by atoms with Gasteiger partial charge in [-0.25, -0.2) is 9.18 Å². The van der Waals surface area contributed by atoms with Crippen molar-refractivity contribution >= 4 is 11.8 Å². The molecule has 0 saturated heterocycles. The SMILES string of the molecule is Cc1ccc(-n2nc(C)c(C(=O)OCC(=O)c3cccc(F)c3)n2)c(C)c1. The average molecular weight is 367 g/mol. The van der Waals surface area contributed by atoms with E-state index < -0.39 is 24.2 Å². The van der Waals surface area contributed by atoms with Gasteiger partial charge in [0, 0.05) is 5.56 Å². The van der Waals surface area contributed by atoms with Gasteiger partial charge in [0.05, 0.1) is 11.4 Å². The highest BCUT2D eigenvalue weighted by Crippen LogP contribution is 2.16. The van der Waals surface area contributed by atoms with Gasteiger partial charge in [-0.05, 0) is 44.5 Å². The van der Waals surface area contributed by atoms with Crippen molar-refractivity contribution in [2.75, 3.05) is 6.61 Å². The number of nitrogens with zero attached hydrogens (tertiary/aromatic N) is 3. The molecule has 0 spiro atoms. The summed E-state index contributed by atoms with van der Waals surface area (Å²) in [6, 6.07) is 11.0. The van der Waals surface area contributed by atoms with Crippen LogP contribution in [0.3, 0.4) is 0 Å². The van der Waals surface area contributed by atoms with E-state index in [2.05, 4.69) is 10.2 Å². The molecule has 0 radical (unpaired) electrons. The van der Waals surface area contributed by atoms with E-state index in [0.29, 0.717) is 5.69 Å². The van der Waals surface area contributed by atoms with Crippen molar-refractivity contribution in [2.45, 2.75) is 20.8 Å². The largest absolute Gasteiger partial charge is 0.452 e. The topological polar surface area (TPSA) is 74.1 Å². The van der Waals surface area contributed by atoms with Crippen molar-refractivity contribution in [3.63, 3.8) is 0 Å². The number of hydrogen-bond donors (Lipinski definition) is 0.